The van der Waals surface area contributed by atoms with Crippen molar-refractivity contribution in [1.82, 2.24) is 0 Å². The minimum absolute atomic E-state index is 1.01. The Bertz CT molecular complexity index is 471. The van der Waals surface area contributed by atoms with Gasteiger partial charge in [-0.05, 0) is 17.2 Å². The molecule has 0 N–H and O–H groups in total. The molecule has 0 fully saturated rings. The van der Waals surface area contributed by atoms with E-state index in [-0.39, 0.29) is 0 Å². The van der Waals surface area contributed by atoms with Crippen LogP contribution in [0.5, 0.6) is 0 Å². The molecule has 0 aliphatic heterocycles. The Morgan fingerprint density at radius 1 is 0.750 bits per heavy atom. The molecule has 1 radical (unpaired) electrons. The van der Waals surface area contributed by atoms with Crippen LogP contribution >= 0.6 is 0 Å². The van der Waals surface area contributed by atoms with Crippen LogP contribution in [-0.4, -0.2) is 0 Å². The Kier molecular flexibility index (Phi) is 3.58. The van der Waals surface area contributed by atoms with Gasteiger partial charge in [-0.15, -0.1) is 0 Å². The molecule has 0 saturated heterocycles. The van der Waals surface area contributed by atoms with Gasteiger partial charge in [0.25, 0.3) is 0 Å². The summed E-state index contributed by atoms with van der Waals surface area (Å²) in [7, 11) is 0. The molecule has 0 heteroatoms. The second-order valence-electron chi connectivity index (χ2n) is 3.32. The van der Waals surface area contributed by atoms with E-state index in [4.69, 9.17) is 0 Å². The van der Waals surface area contributed by atoms with Crippen LogP contribution in [0.15, 0.2) is 72.1 Å². The van der Waals surface area contributed by atoms with Crippen molar-refractivity contribution in [3.05, 3.63) is 89.3 Å². The Morgan fingerprint density at radius 2 is 1.38 bits per heavy atom. The molecule has 0 nitrogen and oxygen atoms in total. The van der Waals surface area contributed by atoms with E-state index in [2.05, 4.69) is 17.5 Å². The van der Waals surface area contributed by atoms with Gasteiger partial charge < -0.3 is 0 Å². The third-order valence-electron chi connectivity index (χ3n) is 2.09. The topological polar surface area (TPSA) is 0 Å². The number of rotatable bonds is 2. The fourth-order valence-corrected chi connectivity index (χ4v) is 1.30. The van der Waals surface area contributed by atoms with Gasteiger partial charge in [-0.3, -0.25) is 0 Å². The van der Waals surface area contributed by atoms with Gasteiger partial charge >= 0.3 is 0 Å². The van der Waals surface area contributed by atoms with Crippen LogP contribution in [0, 0.1) is 6.08 Å². The average Bonchev–Trinajstić information content (AvgIpc) is 2.37. The predicted octanol–water partition coefficient (Wildman–Crippen LogP) is 3.86. The van der Waals surface area contributed by atoms with Crippen molar-refractivity contribution in [2.75, 3.05) is 0 Å². The molecule has 2 aromatic carbocycles. The van der Waals surface area contributed by atoms with Gasteiger partial charge in [-0.2, -0.15) is 0 Å². The summed E-state index contributed by atoms with van der Waals surface area (Å²) in [6.45, 7) is 0. The Labute approximate surface area is 95.9 Å². The fourth-order valence-electron chi connectivity index (χ4n) is 1.30. The number of hydrogen-bond donors (Lipinski definition) is 0. The van der Waals surface area contributed by atoms with Gasteiger partial charge in [-0.1, -0.05) is 72.1 Å². The van der Waals surface area contributed by atoms with Crippen molar-refractivity contribution in [2.24, 2.45) is 0 Å². The lowest BCUT2D eigenvalue weighted by atomic mass is 10.2. The molecule has 2 rings (SSSR count). The van der Waals surface area contributed by atoms with E-state index in [1.165, 1.54) is 0 Å². The molecule has 0 saturated carbocycles. The van der Waals surface area contributed by atoms with E-state index < -0.39 is 0 Å². The van der Waals surface area contributed by atoms with Crippen molar-refractivity contribution in [3.63, 3.8) is 0 Å². The third-order valence-corrected chi connectivity index (χ3v) is 2.09. The first-order valence-electron chi connectivity index (χ1n) is 5.15. The van der Waals surface area contributed by atoms with E-state index in [0.29, 0.717) is 0 Å². The summed E-state index contributed by atoms with van der Waals surface area (Å²) in [5.41, 5.74) is 7.98. The molecule has 0 heterocycles. The minimum atomic E-state index is 1.01. The zero-order chi connectivity index (χ0) is 11.1. The van der Waals surface area contributed by atoms with E-state index >= 15 is 0 Å². The van der Waals surface area contributed by atoms with Gasteiger partial charge in [0.05, 0.1) is 0 Å². The maximum absolute atomic E-state index is 3.02. The van der Waals surface area contributed by atoms with Gasteiger partial charge in [-0.25, -0.2) is 0 Å². The van der Waals surface area contributed by atoms with Crippen molar-refractivity contribution in [3.8, 4) is 0 Å². The summed E-state index contributed by atoms with van der Waals surface area (Å²) < 4.78 is 0. The molecular weight excluding hydrogens is 192 g/mol. The zero-order valence-electron chi connectivity index (χ0n) is 8.85. The molecule has 0 spiro atoms. The standard InChI is InChI=1S/C16H11/c1-3-9-15(10-4-1)13-7-8-14-16-11-5-2-6-12-16/h1-6,9-13H. The first kappa shape index (κ1) is 10.3. The van der Waals surface area contributed by atoms with Gasteiger partial charge in [0.2, 0.25) is 0 Å². The first-order valence-corrected chi connectivity index (χ1v) is 5.15. The molecule has 0 aliphatic rings. The van der Waals surface area contributed by atoms with Crippen LogP contribution in [0.4, 0.5) is 0 Å². The van der Waals surface area contributed by atoms with Crippen LogP contribution in [0.3, 0.4) is 0 Å². The predicted molar refractivity (Wildman–Crippen MR) is 66.7 cm³/mol. The highest BCUT2D eigenvalue weighted by Crippen LogP contribution is 1.99. The molecule has 16 heavy (non-hydrogen) atoms. The lowest BCUT2D eigenvalue weighted by Gasteiger charge is -1.86. The van der Waals surface area contributed by atoms with Crippen molar-refractivity contribution >= 4 is 6.08 Å². The van der Waals surface area contributed by atoms with Crippen LogP contribution < -0.4 is 0 Å². The van der Waals surface area contributed by atoms with E-state index in [1.807, 2.05) is 66.7 Å². The summed E-state index contributed by atoms with van der Waals surface area (Å²) in [6, 6.07) is 19.9. The molecule has 0 amide bonds. The largest absolute Gasteiger partial charge is 0.0689 e. The molecular formula is C16H11. The van der Waals surface area contributed by atoms with Crippen molar-refractivity contribution in [2.45, 2.75) is 0 Å². The number of hydrogen-bond acceptors (Lipinski definition) is 0. The monoisotopic (exact) mass is 203 g/mol. The Morgan fingerprint density at radius 3 is 2.06 bits per heavy atom. The van der Waals surface area contributed by atoms with E-state index in [0.717, 1.165) is 11.1 Å². The van der Waals surface area contributed by atoms with Crippen LogP contribution in [0.25, 0.3) is 6.08 Å². The van der Waals surface area contributed by atoms with Crippen molar-refractivity contribution in [1.29, 1.82) is 0 Å². The summed E-state index contributed by atoms with van der Waals surface area (Å²) in [5.74, 6) is 0. The normalized spacial score (nSPS) is 8.75. The highest BCUT2D eigenvalue weighted by molar-refractivity contribution is 5.47. The van der Waals surface area contributed by atoms with Gasteiger partial charge in [0, 0.05) is 6.08 Å². The molecule has 2 aromatic rings. The first-order chi connectivity index (χ1) is 7.95. The highest BCUT2D eigenvalue weighted by atomic mass is 13.8. The molecule has 75 valence electrons. The van der Waals surface area contributed by atoms with Crippen LogP contribution in [-0.2, 0) is 0 Å². The summed E-state index contributed by atoms with van der Waals surface area (Å²) in [4.78, 5) is 0. The molecule has 0 bridgehead atoms. The summed E-state index contributed by atoms with van der Waals surface area (Å²) in [6.07, 6.45) is 4.91. The zero-order valence-corrected chi connectivity index (χ0v) is 8.85. The molecule has 0 unspecified atom stereocenters. The van der Waals surface area contributed by atoms with Crippen molar-refractivity contribution < 1.29 is 0 Å². The molecule has 0 aliphatic carbocycles. The minimum Gasteiger partial charge on any atom is -0.0689 e. The van der Waals surface area contributed by atoms with Crippen LogP contribution in [0.2, 0.25) is 0 Å². The quantitative estimate of drug-likeness (QED) is 0.650. The Hall–Kier alpha value is -2.26. The summed E-state index contributed by atoms with van der Waals surface area (Å²) >= 11 is 0. The summed E-state index contributed by atoms with van der Waals surface area (Å²) in [5, 5.41) is 0. The average molecular weight is 203 g/mol. The van der Waals surface area contributed by atoms with E-state index in [9.17, 15) is 0 Å². The maximum atomic E-state index is 3.02. The Balaban J connectivity index is 2.16. The van der Waals surface area contributed by atoms with Crippen LogP contribution in [0.1, 0.15) is 11.1 Å². The highest BCUT2D eigenvalue weighted by Gasteiger charge is 1.81. The molecule has 0 atom stereocenters. The second kappa shape index (κ2) is 5.58. The van der Waals surface area contributed by atoms with E-state index in [1.54, 1.807) is 0 Å². The SMILES string of the molecule is [C](=C=C=Cc1ccccc1)c1ccccc1. The smallest absolute Gasteiger partial charge is 0.0484 e. The third kappa shape index (κ3) is 3.15. The molecule has 0 aromatic heterocycles. The number of benzene rings is 2. The fraction of sp³-hybridized carbons (Fsp3) is 0. The second-order valence-corrected chi connectivity index (χ2v) is 3.32. The lowest BCUT2D eigenvalue weighted by molar-refractivity contribution is 1.58. The lowest BCUT2D eigenvalue weighted by Crippen LogP contribution is -1.67. The van der Waals surface area contributed by atoms with Gasteiger partial charge in [0.15, 0.2) is 0 Å². The maximum Gasteiger partial charge on any atom is 0.0484 e. The van der Waals surface area contributed by atoms with Gasteiger partial charge in [0.1, 0.15) is 0 Å².